The number of hydrogen-bond acceptors (Lipinski definition) is 3. The summed E-state index contributed by atoms with van der Waals surface area (Å²) in [5.41, 5.74) is 8.04. The third-order valence-electron chi connectivity index (χ3n) is 5.16. The SMILES string of the molecule is Cc1cccc(NC(=O)C=Cc2ccccc2)c1C(=O)N1CCC(C(N)=O)CC1. The number of likely N-dealkylation sites (tertiary alicyclic amines) is 1. The number of nitrogens with zero attached hydrogens (tertiary/aromatic N) is 1. The number of nitrogens with two attached hydrogens (primary N) is 1. The Bertz CT molecular complexity index is 930. The number of anilines is 1. The van der Waals surface area contributed by atoms with Crippen molar-refractivity contribution < 1.29 is 14.4 Å². The van der Waals surface area contributed by atoms with Crippen molar-refractivity contribution in [1.29, 1.82) is 0 Å². The van der Waals surface area contributed by atoms with E-state index in [9.17, 15) is 14.4 Å². The number of piperidine rings is 1. The molecule has 0 aliphatic carbocycles. The molecule has 6 nitrogen and oxygen atoms in total. The molecule has 3 N–H and O–H groups in total. The van der Waals surface area contributed by atoms with Gasteiger partial charge in [0.25, 0.3) is 5.91 Å². The quantitative estimate of drug-likeness (QED) is 0.768. The molecule has 2 aromatic rings. The smallest absolute Gasteiger partial charge is 0.256 e. The van der Waals surface area contributed by atoms with Crippen molar-refractivity contribution >= 4 is 29.5 Å². The van der Waals surface area contributed by atoms with Gasteiger partial charge in [0.15, 0.2) is 0 Å². The molecule has 0 radical (unpaired) electrons. The Morgan fingerprint density at radius 2 is 1.72 bits per heavy atom. The van der Waals surface area contributed by atoms with Gasteiger partial charge >= 0.3 is 0 Å². The summed E-state index contributed by atoms with van der Waals surface area (Å²) >= 11 is 0. The summed E-state index contributed by atoms with van der Waals surface area (Å²) in [5.74, 6) is -0.946. The van der Waals surface area contributed by atoms with E-state index in [1.54, 1.807) is 17.0 Å². The second-order valence-corrected chi connectivity index (χ2v) is 7.20. The molecule has 1 aliphatic rings. The highest BCUT2D eigenvalue weighted by Gasteiger charge is 2.28. The number of aryl methyl sites for hydroxylation is 1. The first kappa shape index (κ1) is 20.3. The van der Waals surface area contributed by atoms with Gasteiger partial charge in [-0.3, -0.25) is 14.4 Å². The van der Waals surface area contributed by atoms with Crippen molar-refractivity contribution in [3.8, 4) is 0 Å². The summed E-state index contributed by atoms with van der Waals surface area (Å²) in [5, 5.41) is 2.82. The van der Waals surface area contributed by atoms with E-state index in [-0.39, 0.29) is 23.6 Å². The van der Waals surface area contributed by atoms with E-state index in [1.807, 2.05) is 49.4 Å². The molecule has 1 saturated heterocycles. The minimum absolute atomic E-state index is 0.145. The molecule has 0 aromatic heterocycles. The van der Waals surface area contributed by atoms with Crippen LogP contribution in [0.25, 0.3) is 6.08 Å². The zero-order chi connectivity index (χ0) is 20.8. The van der Waals surface area contributed by atoms with Gasteiger partial charge in [-0.05, 0) is 43.0 Å². The van der Waals surface area contributed by atoms with Crippen molar-refractivity contribution in [2.75, 3.05) is 18.4 Å². The first-order chi connectivity index (χ1) is 14.0. The highest BCUT2D eigenvalue weighted by molar-refractivity contribution is 6.08. The number of rotatable bonds is 5. The first-order valence-corrected chi connectivity index (χ1v) is 9.68. The number of carbonyl (C=O) groups is 3. The maximum absolute atomic E-state index is 13.1. The lowest BCUT2D eigenvalue weighted by molar-refractivity contribution is -0.123. The predicted octanol–water partition coefficient (Wildman–Crippen LogP) is 2.98. The Balaban J connectivity index is 1.73. The molecule has 0 atom stereocenters. The fourth-order valence-electron chi connectivity index (χ4n) is 3.49. The van der Waals surface area contributed by atoms with Crippen LogP contribution in [-0.4, -0.2) is 35.7 Å². The molecule has 0 spiro atoms. The summed E-state index contributed by atoms with van der Waals surface area (Å²) < 4.78 is 0. The van der Waals surface area contributed by atoms with Crippen LogP contribution in [0.1, 0.15) is 34.3 Å². The van der Waals surface area contributed by atoms with Crippen molar-refractivity contribution in [3.63, 3.8) is 0 Å². The average Bonchev–Trinajstić information content (AvgIpc) is 2.73. The molecule has 6 heteroatoms. The topological polar surface area (TPSA) is 92.5 Å². The van der Waals surface area contributed by atoms with Gasteiger partial charge in [0.2, 0.25) is 11.8 Å². The normalized spacial score (nSPS) is 14.7. The number of benzene rings is 2. The number of amides is 3. The van der Waals surface area contributed by atoms with E-state index in [1.165, 1.54) is 6.08 Å². The van der Waals surface area contributed by atoms with Gasteiger partial charge in [0.05, 0.1) is 11.3 Å². The predicted molar refractivity (Wildman–Crippen MR) is 113 cm³/mol. The fraction of sp³-hybridized carbons (Fsp3) is 0.261. The molecule has 29 heavy (non-hydrogen) atoms. The van der Waals surface area contributed by atoms with Crippen LogP contribution in [-0.2, 0) is 9.59 Å². The van der Waals surface area contributed by atoms with E-state index < -0.39 is 0 Å². The molecule has 1 aliphatic heterocycles. The maximum Gasteiger partial charge on any atom is 0.256 e. The summed E-state index contributed by atoms with van der Waals surface area (Å²) in [6.45, 7) is 2.79. The van der Waals surface area contributed by atoms with Gasteiger partial charge < -0.3 is 16.0 Å². The molecule has 150 valence electrons. The van der Waals surface area contributed by atoms with Crippen LogP contribution in [0, 0.1) is 12.8 Å². The molecular formula is C23H25N3O3. The van der Waals surface area contributed by atoms with E-state index in [0.717, 1.165) is 11.1 Å². The van der Waals surface area contributed by atoms with Gasteiger partial charge in [-0.25, -0.2) is 0 Å². The Kier molecular flexibility index (Phi) is 6.44. The van der Waals surface area contributed by atoms with Crippen molar-refractivity contribution in [2.24, 2.45) is 11.7 Å². The number of nitrogens with one attached hydrogen (secondary N) is 1. The highest BCUT2D eigenvalue weighted by Crippen LogP contribution is 2.25. The molecule has 0 unspecified atom stereocenters. The van der Waals surface area contributed by atoms with Crippen LogP contribution in [0.15, 0.2) is 54.6 Å². The zero-order valence-corrected chi connectivity index (χ0v) is 16.4. The molecular weight excluding hydrogens is 366 g/mol. The summed E-state index contributed by atoms with van der Waals surface area (Å²) in [6, 6.07) is 14.9. The van der Waals surface area contributed by atoms with Crippen LogP contribution in [0.2, 0.25) is 0 Å². The fourth-order valence-corrected chi connectivity index (χ4v) is 3.49. The number of carbonyl (C=O) groups excluding carboxylic acids is 3. The van der Waals surface area contributed by atoms with E-state index in [0.29, 0.717) is 37.2 Å². The average molecular weight is 391 g/mol. The Morgan fingerprint density at radius 1 is 1.03 bits per heavy atom. The van der Waals surface area contributed by atoms with Crippen LogP contribution in [0.3, 0.4) is 0 Å². The van der Waals surface area contributed by atoms with Gasteiger partial charge in [0, 0.05) is 25.1 Å². The number of hydrogen-bond donors (Lipinski definition) is 2. The standard InChI is InChI=1S/C23H25N3O3/c1-16-6-5-9-19(25-20(27)11-10-17-7-3-2-4-8-17)21(16)23(29)26-14-12-18(13-15-26)22(24)28/h2-11,18H,12-15H2,1H3,(H2,24,28)(H,25,27). The minimum atomic E-state index is -0.314. The Morgan fingerprint density at radius 3 is 2.38 bits per heavy atom. The summed E-state index contributed by atoms with van der Waals surface area (Å²) in [4.78, 5) is 38.6. The molecule has 1 heterocycles. The lowest BCUT2D eigenvalue weighted by Crippen LogP contribution is -2.42. The van der Waals surface area contributed by atoms with E-state index in [4.69, 9.17) is 5.73 Å². The molecule has 1 fully saturated rings. The van der Waals surface area contributed by atoms with Gasteiger partial charge in [-0.1, -0.05) is 42.5 Å². The lowest BCUT2D eigenvalue weighted by atomic mass is 9.95. The molecule has 0 saturated carbocycles. The van der Waals surface area contributed by atoms with E-state index in [2.05, 4.69) is 5.32 Å². The van der Waals surface area contributed by atoms with Crippen LogP contribution in [0.4, 0.5) is 5.69 Å². The lowest BCUT2D eigenvalue weighted by Gasteiger charge is -2.31. The zero-order valence-electron chi connectivity index (χ0n) is 16.4. The van der Waals surface area contributed by atoms with Crippen LogP contribution in [0.5, 0.6) is 0 Å². The van der Waals surface area contributed by atoms with Gasteiger partial charge in [-0.2, -0.15) is 0 Å². The van der Waals surface area contributed by atoms with Gasteiger partial charge in [-0.15, -0.1) is 0 Å². The molecule has 3 rings (SSSR count). The molecule has 3 amide bonds. The monoisotopic (exact) mass is 391 g/mol. The maximum atomic E-state index is 13.1. The minimum Gasteiger partial charge on any atom is -0.369 e. The number of primary amides is 1. The van der Waals surface area contributed by atoms with Crippen molar-refractivity contribution in [1.82, 2.24) is 4.90 Å². The van der Waals surface area contributed by atoms with Crippen molar-refractivity contribution in [3.05, 3.63) is 71.3 Å². The third kappa shape index (κ3) is 5.10. The second-order valence-electron chi connectivity index (χ2n) is 7.20. The van der Waals surface area contributed by atoms with Gasteiger partial charge in [0.1, 0.15) is 0 Å². The second kappa shape index (κ2) is 9.19. The van der Waals surface area contributed by atoms with Crippen molar-refractivity contribution in [2.45, 2.75) is 19.8 Å². The Hall–Kier alpha value is -3.41. The summed E-state index contributed by atoms with van der Waals surface area (Å²) in [7, 11) is 0. The highest BCUT2D eigenvalue weighted by atomic mass is 16.2. The van der Waals surface area contributed by atoms with Crippen LogP contribution < -0.4 is 11.1 Å². The third-order valence-corrected chi connectivity index (χ3v) is 5.16. The van der Waals surface area contributed by atoms with E-state index >= 15 is 0 Å². The summed E-state index contributed by atoms with van der Waals surface area (Å²) in [6.07, 6.45) is 4.30. The largest absolute Gasteiger partial charge is 0.369 e. The molecule has 2 aromatic carbocycles. The molecule has 0 bridgehead atoms. The van der Waals surface area contributed by atoms with Crippen LogP contribution >= 0.6 is 0 Å². The first-order valence-electron chi connectivity index (χ1n) is 9.68. The Labute approximate surface area is 170 Å².